The van der Waals surface area contributed by atoms with Gasteiger partial charge in [0.15, 0.2) is 9.84 Å². The molecule has 0 bridgehead atoms. The summed E-state index contributed by atoms with van der Waals surface area (Å²) in [7, 11) is -3.19. The first-order chi connectivity index (χ1) is 9.36. The number of benzene rings is 2. The molecule has 104 valence electrons. The fourth-order valence-electron chi connectivity index (χ4n) is 1.53. The van der Waals surface area contributed by atoms with Gasteiger partial charge in [0.25, 0.3) is 5.69 Å². The second kappa shape index (κ2) is 5.64. The Morgan fingerprint density at radius 2 is 1.40 bits per heavy atom. The van der Waals surface area contributed by atoms with Crippen LogP contribution in [-0.2, 0) is 9.84 Å². The molecule has 0 saturated carbocycles. The van der Waals surface area contributed by atoms with Crippen molar-refractivity contribution >= 4 is 27.3 Å². The molecule has 0 aliphatic carbocycles. The number of rotatable bonds is 4. The van der Waals surface area contributed by atoms with Gasteiger partial charge in [-0.05, 0) is 36.4 Å². The molecule has 0 amide bonds. The third-order valence-corrected chi connectivity index (χ3v) is 4.68. The van der Waals surface area contributed by atoms with E-state index in [2.05, 4.69) is 0 Å². The average molecular weight is 309 g/mol. The SMILES string of the molecule is CS(=O)(=O)c1ccc(Sc2ccc([N+](=O)[O-])cc2)cc1. The molecule has 2 rings (SSSR count). The van der Waals surface area contributed by atoms with Gasteiger partial charge >= 0.3 is 0 Å². The minimum absolute atomic E-state index is 0.0433. The minimum atomic E-state index is -3.19. The van der Waals surface area contributed by atoms with Crippen LogP contribution in [0, 0.1) is 10.1 Å². The van der Waals surface area contributed by atoms with Gasteiger partial charge in [-0.2, -0.15) is 0 Å². The second-order valence-corrected chi connectivity index (χ2v) is 7.26. The van der Waals surface area contributed by atoms with Gasteiger partial charge in [0, 0.05) is 28.2 Å². The molecule has 5 nitrogen and oxygen atoms in total. The normalized spacial score (nSPS) is 11.2. The van der Waals surface area contributed by atoms with Crippen molar-refractivity contribution in [2.75, 3.05) is 6.26 Å². The third-order valence-electron chi connectivity index (χ3n) is 2.54. The number of hydrogen-bond donors (Lipinski definition) is 0. The van der Waals surface area contributed by atoms with Gasteiger partial charge in [0.1, 0.15) is 0 Å². The fraction of sp³-hybridized carbons (Fsp3) is 0.0769. The largest absolute Gasteiger partial charge is 0.269 e. The highest BCUT2D eigenvalue weighted by Crippen LogP contribution is 2.29. The number of nitrogens with zero attached hydrogens (tertiary/aromatic N) is 1. The van der Waals surface area contributed by atoms with Crippen molar-refractivity contribution in [1.29, 1.82) is 0 Å². The van der Waals surface area contributed by atoms with E-state index in [4.69, 9.17) is 0 Å². The van der Waals surface area contributed by atoms with E-state index in [1.54, 1.807) is 36.4 Å². The summed E-state index contributed by atoms with van der Waals surface area (Å²) < 4.78 is 22.7. The molecule has 0 aliphatic rings. The van der Waals surface area contributed by atoms with Crippen molar-refractivity contribution in [3.05, 3.63) is 58.6 Å². The zero-order chi connectivity index (χ0) is 14.8. The lowest BCUT2D eigenvalue weighted by Gasteiger charge is -2.03. The Morgan fingerprint density at radius 1 is 0.950 bits per heavy atom. The van der Waals surface area contributed by atoms with Crippen LogP contribution >= 0.6 is 11.8 Å². The first kappa shape index (κ1) is 14.5. The summed E-state index contributed by atoms with van der Waals surface area (Å²) in [4.78, 5) is 12.1. The van der Waals surface area contributed by atoms with Gasteiger partial charge < -0.3 is 0 Å². The van der Waals surface area contributed by atoms with E-state index in [0.717, 1.165) is 16.0 Å². The lowest BCUT2D eigenvalue weighted by molar-refractivity contribution is -0.384. The molecule has 0 fully saturated rings. The summed E-state index contributed by atoms with van der Waals surface area (Å²) in [5.41, 5.74) is 0.0433. The van der Waals surface area contributed by atoms with E-state index >= 15 is 0 Å². The molecule has 2 aromatic rings. The molecule has 0 heterocycles. The zero-order valence-electron chi connectivity index (χ0n) is 10.5. The summed E-state index contributed by atoms with van der Waals surface area (Å²) in [6, 6.07) is 12.7. The van der Waals surface area contributed by atoms with Crippen molar-refractivity contribution in [3.8, 4) is 0 Å². The van der Waals surface area contributed by atoms with Crippen molar-refractivity contribution in [2.24, 2.45) is 0 Å². The maximum Gasteiger partial charge on any atom is 0.269 e. The quantitative estimate of drug-likeness (QED) is 0.640. The van der Waals surface area contributed by atoms with Crippen LogP contribution in [0.4, 0.5) is 5.69 Å². The third kappa shape index (κ3) is 3.58. The highest BCUT2D eigenvalue weighted by Gasteiger charge is 2.08. The molecular weight excluding hydrogens is 298 g/mol. The highest BCUT2D eigenvalue weighted by atomic mass is 32.2. The predicted octanol–water partition coefficient (Wildman–Crippen LogP) is 3.15. The number of nitro benzene ring substituents is 1. The lowest BCUT2D eigenvalue weighted by atomic mass is 10.3. The molecule has 0 aliphatic heterocycles. The van der Waals surface area contributed by atoms with Gasteiger partial charge in [-0.3, -0.25) is 10.1 Å². The Hall–Kier alpha value is -1.86. The number of non-ortho nitro benzene ring substituents is 1. The van der Waals surface area contributed by atoms with E-state index in [1.807, 2.05) is 0 Å². The molecule has 0 saturated heterocycles. The van der Waals surface area contributed by atoms with Crippen molar-refractivity contribution < 1.29 is 13.3 Å². The highest BCUT2D eigenvalue weighted by molar-refractivity contribution is 7.99. The molecule has 0 spiro atoms. The Morgan fingerprint density at radius 3 is 1.80 bits per heavy atom. The van der Waals surface area contributed by atoms with E-state index < -0.39 is 14.8 Å². The second-order valence-electron chi connectivity index (χ2n) is 4.10. The smallest absolute Gasteiger partial charge is 0.258 e. The number of nitro groups is 1. The number of sulfone groups is 1. The molecule has 20 heavy (non-hydrogen) atoms. The van der Waals surface area contributed by atoms with E-state index in [1.165, 1.54) is 23.9 Å². The molecule has 0 aromatic heterocycles. The summed E-state index contributed by atoms with van der Waals surface area (Å²) in [6.45, 7) is 0. The predicted molar refractivity (Wildman–Crippen MR) is 76.8 cm³/mol. The van der Waals surface area contributed by atoms with Gasteiger partial charge in [0.05, 0.1) is 9.82 Å². The zero-order valence-corrected chi connectivity index (χ0v) is 12.1. The summed E-state index contributed by atoms with van der Waals surface area (Å²) in [6.07, 6.45) is 1.16. The number of hydrogen-bond acceptors (Lipinski definition) is 5. The maximum absolute atomic E-state index is 11.3. The van der Waals surface area contributed by atoms with Crippen LogP contribution in [0.2, 0.25) is 0 Å². The Labute approximate surface area is 120 Å². The van der Waals surface area contributed by atoms with Gasteiger partial charge in [-0.15, -0.1) is 0 Å². The van der Waals surface area contributed by atoms with Crippen molar-refractivity contribution in [3.63, 3.8) is 0 Å². The molecule has 0 atom stereocenters. The molecular formula is C13H11NO4S2. The Bertz CT molecular complexity index is 722. The van der Waals surface area contributed by atoms with Crippen LogP contribution in [0.25, 0.3) is 0 Å². The standard InChI is InChI=1S/C13H11NO4S2/c1-20(17,18)13-8-6-12(7-9-13)19-11-4-2-10(3-5-11)14(15)16/h2-9H,1H3. The molecule has 0 radical (unpaired) electrons. The summed E-state index contributed by atoms with van der Waals surface area (Å²) in [5.74, 6) is 0. The molecule has 0 N–H and O–H groups in total. The van der Waals surface area contributed by atoms with Gasteiger partial charge in [-0.1, -0.05) is 11.8 Å². The van der Waals surface area contributed by atoms with Crippen LogP contribution < -0.4 is 0 Å². The summed E-state index contributed by atoms with van der Waals surface area (Å²) in [5, 5.41) is 10.5. The maximum atomic E-state index is 11.3. The van der Waals surface area contributed by atoms with E-state index in [-0.39, 0.29) is 10.6 Å². The van der Waals surface area contributed by atoms with Crippen molar-refractivity contribution in [2.45, 2.75) is 14.7 Å². The monoisotopic (exact) mass is 309 g/mol. The van der Waals surface area contributed by atoms with Crippen LogP contribution in [0.3, 0.4) is 0 Å². The van der Waals surface area contributed by atoms with E-state index in [9.17, 15) is 18.5 Å². The van der Waals surface area contributed by atoms with Gasteiger partial charge in [-0.25, -0.2) is 8.42 Å². The Kier molecular flexibility index (Phi) is 4.10. The first-order valence-electron chi connectivity index (χ1n) is 5.59. The van der Waals surface area contributed by atoms with Crippen LogP contribution in [-0.4, -0.2) is 19.6 Å². The molecule has 7 heteroatoms. The van der Waals surface area contributed by atoms with Crippen LogP contribution in [0.15, 0.2) is 63.2 Å². The van der Waals surface area contributed by atoms with E-state index in [0.29, 0.717) is 0 Å². The van der Waals surface area contributed by atoms with Crippen LogP contribution in [0.5, 0.6) is 0 Å². The molecule has 2 aromatic carbocycles. The first-order valence-corrected chi connectivity index (χ1v) is 8.29. The molecule has 0 unspecified atom stereocenters. The van der Waals surface area contributed by atoms with Crippen LogP contribution in [0.1, 0.15) is 0 Å². The van der Waals surface area contributed by atoms with Crippen molar-refractivity contribution in [1.82, 2.24) is 0 Å². The minimum Gasteiger partial charge on any atom is -0.258 e. The topological polar surface area (TPSA) is 77.3 Å². The fourth-order valence-corrected chi connectivity index (χ4v) is 2.97. The van der Waals surface area contributed by atoms with Gasteiger partial charge in [0.2, 0.25) is 0 Å². The summed E-state index contributed by atoms with van der Waals surface area (Å²) >= 11 is 1.41. The lowest BCUT2D eigenvalue weighted by Crippen LogP contribution is -1.95. The average Bonchev–Trinajstić information content (AvgIpc) is 2.39. The Balaban J connectivity index is 2.16.